The largest absolute Gasteiger partial charge is 0.507 e. The number of hydrogen-bond acceptors (Lipinski definition) is 9. The van der Waals surface area contributed by atoms with Gasteiger partial charge in [0.05, 0.1) is 23.7 Å². The smallest absolute Gasteiger partial charge is 0.314 e. The molecule has 100 heavy (non-hydrogen) atoms. The summed E-state index contributed by atoms with van der Waals surface area (Å²) < 4.78 is 7.12. The van der Waals surface area contributed by atoms with Crippen LogP contribution in [0, 0.1) is 36.0 Å². The average Bonchev–Trinajstić information content (AvgIpc) is 0.782. The number of phenols is 4. The monoisotopic (exact) mass is 1380 g/mol. The Morgan fingerprint density at radius 3 is 0.630 bits per heavy atom. The van der Waals surface area contributed by atoms with Gasteiger partial charge in [0, 0.05) is 11.1 Å². The Balaban J connectivity index is 2.11. The summed E-state index contributed by atoms with van der Waals surface area (Å²) in [6, 6.07) is 19.0. The maximum absolute atomic E-state index is 16.8. The molecule has 0 saturated carbocycles. The van der Waals surface area contributed by atoms with Crippen molar-refractivity contribution in [3.8, 4) is 28.7 Å². The topological polar surface area (TPSA) is 219 Å². The maximum atomic E-state index is 16.8. The van der Waals surface area contributed by atoms with Crippen molar-refractivity contribution in [3.05, 3.63) is 144 Å². The predicted molar refractivity (Wildman–Crippen MR) is 409 cm³/mol. The van der Waals surface area contributed by atoms with Gasteiger partial charge in [-0.2, -0.15) is 0 Å². The molecular weight excluding hydrogens is 1250 g/mol. The van der Waals surface area contributed by atoms with Gasteiger partial charge in [0.1, 0.15) is 28.7 Å². The van der Waals surface area contributed by atoms with Gasteiger partial charge in [0.25, 0.3) is 0 Å². The molecule has 0 aliphatic heterocycles. The van der Waals surface area contributed by atoms with Gasteiger partial charge in [-0.05, 0) is 185 Å². The summed E-state index contributed by atoms with van der Waals surface area (Å²) in [7, 11) is 0. The molecule has 4 unspecified atom stereocenters. The summed E-state index contributed by atoms with van der Waals surface area (Å²) in [6.07, 6.45) is -1.61. The van der Waals surface area contributed by atoms with Crippen molar-refractivity contribution < 1.29 is 59.7 Å². The van der Waals surface area contributed by atoms with E-state index in [1.165, 1.54) is 0 Å². The molecule has 0 saturated heterocycles. The molecule has 7 N–H and O–H groups in total. The third-order valence-electron chi connectivity index (χ3n) is 20.2. The second-order valence-electron chi connectivity index (χ2n) is 40.2. The van der Waals surface area contributed by atoms with E-state index in [9.17, 15) is 50.1 Å². The molecule has 0 radical (unpaired) electrons. The minimum Gasteiger partial charge on any atom is -0.507 e. The third-order valence-corrected chi connectivity index (χ3v) is 20.2. The summed E-state index contributed by atoms with van der Waals surface area (Å²) in [5.41, 5.74) is 2.27. The van der Waals surface area contributed by atoms with Crippen molar-refractivity contribution in [2.45, 2.75) is 320 Å². The molecule has 0 amide bonds. The number of esters is 1. The minimum atomic E-state index is -1.69. The molecule has 0 fully saturated rings. The molecule has 5 aromatic rings. The molecule has 12 nitrogen and oxygen atoms in total. The van der Waals surface area contributed by atoms with Gasteiger partial charge in [-0.15, -0.1) is 0 Å². The van der Waals surface area contributed by atoms with Crippen LogP contribution in [0.3, 0.4) is 0 Å². The Hall–Kier alpha value is -6.82. The number of carbonyl (C=O) groups is 4. The van der Waals surface area contributed by atoms with Crippen LogP contribution in [0.25, 0.3) is 0 Å². The number of phenolic OH excluding ortho intramolecular Hbond substituents is 4. The van der Waals surface area contributed by atoms with Crippen LogP contribution in [0.15, 0.2) is 60.7 Å². The van der Waals surface area contributed by atoms with Gasteiger partial charge in [-0.1, -0.05) is 274 Å². The van der Waals surface area contributed by atoms with Gasteiger partial charge in [-0.25, -0.2) is 0 Å². The second kappa shape index (κ2) is 29.1. The van der Waals surface area contributed by atoms with Crippen LogP contribution in [0.2, 0.25) is 0 Å². The summed E-state index contributed by atoms with van der Waals surface area (Å²) >= 11 is 0. The second-order valence-corrected chi connectivity index (χ2v) is 40.2. The molecule has 5 rings (SSSR count). The maximum Gasteiger partial charge on any atom is 0.314 e. The third kappa shape index (κ3) is 20.7. The van der Waals surface area contributed by atoms with Crippen LogP contribution in [0.5, 0.6) is 28.7 Å². The first-order chi connectivity index (χ1) is 44.8. The fourth-order valence-corrected chi connectivity index (χ4v) is 14.7. The van der Waals surface area contributed by atoms with E-state index in [1.807, 2.05) is 234 Å². The van der Waals surface area contributed by atoms with E-state index in [1.54, 1.807) is 0 Å². The summed E-state index contributed by atoms with van der Waals surface area (Å²) in [6.45, 7) is 62.1. The molecule has 0 bridgehead atoms. The van der Waals surface area contributed by atoms with Crippen molar-refractivity contribution in [2.75, 3.05) is 0 Å². The first kappa shape index (κ1) is 83.8. The highest BCUT2D eigenvalue weighted by Crippen LogP contribution is 2.52. The Morgan fingerprint density at radius 2 is 0.460 bits per heavy atom. The van der Waals surface area contributed by atoms with Gasteiger partial charge in [-0.3, -0.25) is 19.2 Å². The van der Waals surface area contributed by atoms with E-state index in [4.69, 9.17) is 4.74 Å². The van der Waals surface area contributed by atoms with E-state index in [0.29, 0.717) is 72.5 Å². The number of carboxylic acids is 3. The van der Waals surface area contributed by atoms with Crippen LogP contribution in [-0.2, 0) is 99.0 Å². The number of hydrogen-bond donors (Lipinski definition) is 7. The molecule has 12 heteroatoms. The number of carbonyl (C=O) groups excluding carboxylic acids is 1. The van der Waals surface area contributed by atoms with Crippen LogP contribution < -0.4 is 4.74 Å². The summed E-state index contributed by atoms with van der Waals surface area (Å²) in [5.74, 6) is -8.80. The van der Waals surface area contributed by atoms with E-state index in [-0.39, 0.29) is 74.4 Å². The number of ether oxygens (including phenoxy) is 1. The number of carboxylic acid groups (broad SMARTS) is 3. The van der Waals surface area contributed by atoms with Gasteiger partial charge >= 0.3 is 23.9 Å². The first-order valence-corrected chi connectivity index (χ1v) is 36.3. The molecular formula is C88H130O12. The fraction of sp³-hybridized carbons (Fsp3) is 0.614. The van der Waals surface area contributed by atoms with Crippen LogP contribution in [-0.4, -0.2) is 59.6 Å². The summed E-state index contributed by atoms with van der Waals surface area (Å²) in [5, 5.41) is 85.0. The zero-order valence-electron chi connectivity index (χ0n) is 67.4. The first-order valence-electron chi connectivity index (χ1n) is 36.3. The Bertz CT molecular complexity index is 3390. The molecule has 0 heterocycles. The zero-order chi connectivity index (χ0) is 77.1. The van der Waals surface area contributed by atoms with Crippen LogP contribution in [0.1, 0.15) is 317 Å². The molecule has 0 aliphatic rings. The highest BCUT2D eigenvalue weighted by atomic mass is 16.5. The number of benzene rings is 5. The lowest BCUT2D eigenvalue weighted by Crippen LogP contribution is -2.40. The molecule has 4 atom stereocenters. The molecule has 5 aromatic carbocycles. The van der Waals surface area contributed by atoms with Crippen molar-refractivity contribution >= 4 is 23.9 Å². The average molecular weight is 1380 g/mol. The van der Waals surface area contributed by atoms with E-state index < -0.39 is 107 Å². The lowest BCUT2D eigenvalue weighted by molar-refractivity contribution is -0.147. The van der Waals surface area contributed by atoms with E-state index in [2.05, 4.69) is 41.5 Å². The SMILES string of the molecule is Cc1cc(C(C)(C)C)c(OC(=O)C(Cc2cc(C(C)(C)C)c(O)c(C(C)(C)C)c2)CC(CC(Cc2cc(C(C)(C)C)c(O)c(C(C)(C)C)c2)C(=O)O)(CC(Cc2cc(C(C)(C)C)c(O)c(C(C)(C)C)c2)C(=O)O)CC(Cc2cc(C(C)(C)C)c(O)c(C(C)(C)C)c2)C(=O)O)c(C(C)(C)C)c1. The van der Waals surface area contributed by atoms with E-state index >= 15 is 4.79 Å². The molecule has 0 aliphatic carbocycles. The predicted octanol–water partition coefficient (Wildman–Crippen LogP) is 20.9. The number of aromatic hydroxyl groups is 4. The fourth-order valence-electron chi connectivity index (χ4n) is 14.7. The molecule has 0 spiro atoms. The van der Waals surface area contributed by atoms with Crippen molar-refractivity contribution in [3.63, 3.8) is 0 Å². The summed E-state index contributed by atoms with van der Waals surface area (Å²) in [4.78, 5) is 61.5. The Kier molecular flexibility index (Phi) is 24.4. The lowest BCUT2D eigenvalue weighted by atomic mass is 9.61. The standard InChI is InChI=1S/C88H130O12/c1-50-32-67(86(26,27)28)73(68(33-50)87(29,30)31)100-77(99)58(37-54-44-65(84(20,21)22)72(92)66(45-54)85(23,24)25)49-88(46-55(74(93)94)34-51-38-59(78(2,3)4)69(89)60(39-51)79(5,6)7,47-56(75(95)96)35-52-40-61(80(8,9)10)70(90)62(41-52)81(11,12)13)48-57(76(97)98)36-53-42-63(82(14,15)16)71(91)64(43-53)83(17,18)19/h32-33,38-45,55-58,89-92H,34-37,46-49H2,1-31H3,(H,93,94)(H,95,96)(H,97,98). The minimum absolute atomic E-state index is 0.0483. The van der Waals surface area contributed by atoms with Gasteiger partial charge in [0.15, 0.2) is 0 Å². The number of aryl methyl sites for hydroxylation is 1. The molecule has 0 aromatic heterocycles. The van der Waals surface area contributed by atoms with Crippen molar-refractivity contribution in [2.24, 2.45) is 29.1 Å². The van der Waals surface area contributed by atoms with Gasteiger partial charge < -0.3 is 40.5 Å². The molecule has 554 valence electrons. The quantitative estimate of drug-likeness (QED) is 0.0270. The van der Waals surface area contributed by atoms with E-state index in [0.717, 1.165) is 16.7 Å². The number of rotatable bonds is 21. The van der Waals surface area contributed by atoms with Crippen molar-refractivity contribution in [1.29, 1.82) is 0 Å². The Morgan fingerprint density at radius 1 is 0.290 bits per heavy atom. The van der Waals surface area contributed by atoms with Gasteiger partial charge in [0.2, 0.25) is 0 Å². The highest BCUT2D eigenvalue weighted by Gasteiger charge is 2.47. The number of aliphatic carboxylic acids is 3. The van der Waals surface area contributed by atoms with Crippen LogP contribution >= 0.6 is 0 Å². The lowest BCUT2D eigenvalue weighted by Gasteiger charge is -2.42. The zero-order valence-corrected chi connectivity index (χ0v) is 67.4. The Labute approximate surface area is 602 Å². The van der Waals surface area contributed by atoms with Crippen LogP contribution in [0.4, 0.5) is 0 Å². The van der Waals surface area contributed by atoms with Crippen molar-refractivity contribution in [1.82, 2.24) is 0 Å². The normalized spacial score (nSPS) is 15.2. The highest BCUT2D eigenvalue weighted by molar-refractivity contribution is 5.78.